The highest BCUT2D eigenvalue weighted by atomic mass is 35.5. The summed E-state index contributed by atoms with van der Waals surface area (Å²) in [5, 5.41) is 0.247. The van der Waals surface area contributed by atoms with E-state index < -0.39 is 10.0 Å². The second-order valence-electron chi connectivity index (χ2n) is 7.63. The van der Waals surface area contributed by atoms with Crippen molar-refractivity contribution in [2.45, 2.75) is 23.7 Å². The summed E-state index contributed by atoms with van der Waals surface area (Å²) in [6.45, 7) is 1.11. The van der Waals surface area contributed by atoms with Crippen molar-refractivity contribution in [3.63, 3.8) is 0 Å². The molecular formula is C21H23ClN4O3S. The standard InChI is InChI=1S/C21H23ClN4O3S/c1-25(2)30(28,29)15-7-8-17(22)16(13-15)21(27)26-11-9-14(10-12-26)20-23-18-5-3-4-6-19(18)24-20/h3-8,13-14H,9-12H2,1-2H3,(H,23,24). The largest absolute Gasteiger partial charge is 0.342 e. The van der Waals surface area contributed by atoms with Crippen molar-refractivity contribution in [3.8, 4) is 0 Å². The summed E-state index contributed by atoms with van der Waals surface area (Å²) in [5.41, 5.74) is 2.16. The molecule has 1 N–H and O–H groups in total. The minimum absolute atomic E-state index is 0.0532. The normalized spacial score (nSPS) is 15.8. The lowest BCUT2D eigenvalue weighted by molar-refractivity contribution is 0.0711. The first-order chi connectivity index (χ1) is 14.3. The van der Waals surface area contributed by atoms with Crippen molar-refractivity contribution in [2.75, 3.05) is 27.2 Å². The number of para-hydroxylation sites is 2. The van der Waals surface area contributed by atoms with E-state index in [2.05, 4.69) is 9.97 Å². The molecular weight excluding hydrogens is 424 g/mol. The predicted octanol–water partition coefficient (Wildman–Crippen LogP) is 3.49. The van der Waals surface area contributed by atoms with E-state index in [0.29, 0.717) is 13.1 Å². The summed E-state index contributed by atoms with van der Waals surface area (Å²) in [7, 11) is -0.741. The molecule has 1 aliphatic heterocycles. The van der Waals surface area contributed by atoms with Crippen LogP contribution in [-0.4, -0.2) is 60.7 Å². The number of aromatic amines is 1. The van der Waals surface area contributed by atoms with E-state index in [1.807, 2.05) is 24.3 Å². The van der Waals surface area contributed by atoms with Crippen molar-refractivity contribution in [3.05, 3.63) is 58.9 Å². The molecule has 0 unspecified atom stereocenters. The second kappa shape index (κ2) is 8.02. The van der Waals surface area contributed by atoms with Gasteiger partial charge < -0.3 is 9.88 Å². The average molecular weight is 447 g/mol. The highest BCUT2D eigenvalue weighted by molar-refractivity contribution is 7.89. The molecule has 2 heterocycles. The molecule has 0 saturated carbocycles. The molecule has 158 valence electrons. The predicted molar refractivity (Wildman–Crippen MR) is 116 cm³/mol. The smallest absolute Gasteiger partial charge is 0.255 e. The molecule has 7 nitrogen and oxygen atoms in total. The van der Waals surface area contributed by atoms with Crippen molar-refractivity contribution in [2.24, 2.45) is 0 Å². The fraction of sp³-hybridized carbons (Fsp3) is 0.333. The molecule has 3 aromatic rings. The third kappa shape index (κ3) is 3.82. The molecule has 1 aromatic heterocycles. The number of nitrogens with one attached hydrogen (secondary N) is 1. The highest BCUT2D eigenvalue weighted by Crippen LogP contribution is 2.30. The molecule has 1 saturated heterocycles. The van der Waals surface area contributed by atoms with Gasteiger partial charge >= 0.3 is 0 Å². The lowest BCUT2D eigenvalue weighted by atomic mass is 9.95. The number of amides is 1. The number of carbonyl (C=O) groups is 1. The van der Waals surface area contributed by atoms with Gasteiger partial charge in [0.05, 0.1) is 26.5 Å². The topological polar surface area (TPSA) is 86.4 Å². The number of imidazole rings is 1. The van der Waals surface area contributed by atoms with Crippen LogP contribution >= 0.6 is 11.6 Å². The Kier molecular flexibility index (Phi) is 5.57. The third-order valence-electron chi connectivity index (χ3n) is 5.52. The van der Waals surface area contributed by atoms with Gasteiger partial charge in [-0.05, 0) is 43.2 Å². The number of fused-ring (bicyclic) bond motifs is 1. The van der Waals surface area contributed by atoms with Gasteiger partial charge in [-0.2, -0.15) is 0 Å². The van der Waals surface area contributed by atoms with Crippen LogP contribution in [0.5, 0.6) is 0 Å². The fourth-order valence-corrected chi connectivity index (χ4v) is 4.86. The quantitative estimate of drug-likeness (QED) is 0.664. The van der Waals surface area contributed by atoms with Crippen molar-refractivity contribution in [1.82, 2.24) is 19.2 Å². The van der Waals surface area contributed by atoms with Gasteiger partial charge in [0.25, 0.3) is 5.91 Å². The molecule has 0 bridgehead atoms. The maximum absolute atomic E-state index is 13.1. The van der Waals surface area contributed by atoms with Gasteiger partial charge in [0.15, 0.2) is 0 Å². The Bertz CT molecular complexity index is 1160. The van der Waals surface area contributed by atoms with Gasteiger partial charge in [0.2, 0.25) is 10.0 Å². The van der Waals surface area contributed by atoms with E-state index in [-0.39, 0.29) is 27.3 Å². The number of carbonyl (C=O) groups excluding carboxylic acids is 1. The molecule has 1 aliphatic rings. The molecule has 1 fully saturated rings. The van der Waals surface area contributed by atoms with Crippen LogP contribution in [0.4, 0.5) is 0 Å². The van der Waals surface area contributed by atoms with Crippen LogP contribution in [0.2, 0.25) is 5.02 Å². The van der Waals surface area contributed by atoms with Gasteiger partial charge in [0, 0.05) is 33.1 Å². The zero-order valence-corrected chi connectivity index (χ0v) is 18.4. The number of hydrogen-bond donors (Lipinski definition) is 1. The zero-order valence-electron chi connectivity index (χ0n) is 16.8. The van der Waals surface area contributed by atoms with Crippen LogP contribution in [0.25, 0.3) is 11.0 Å². The highest BCUT2D eigenvalue weighted by Gasteiger charge is 2.28. The van der Waals surface area contributed by atoms with E-state index in [1.54, 1.807) is 4.90 Å². The van der Waals surface area contributed by atoms with Gasteiger partial charge in [-0.3, -0.25) is 4.79 Å². The number of hydrogen-bond acceptors (Lipinski definition) is 4. The summed E-state index contributed by atoms with van der Waals surface area (Å²) in [5.74, 6) is 0.941. The molecule has 1 amide bonds. The number of halogens is 1. The van der Waals surface area contributed by atoms with Crippen molar-refractivity contribution in [1.29, 1.82) is 0 Å². The van der Waals surface area contributed by atoms with E-state index in [4.69, 9.17) is 11.6 Å². The molecule has 9 heteroatoms. The Morgan fingerprint density at radius 2 is 1.87 bits per heavy atom. The zero-order chi connectivity index (χ0) is 21.5. The minimum atomic E-state index is -3.65. The number of rotatable bonds is 4. The SMILES string of the molecule is CN(C)S(=O)(=O)c1ccc(Cl)c(C(=O)N2CCC(c3nc4ccccc4[nH]3)CC2)c1. The Balaban J connectivity index is 1.50. The Labute approximate surface area is 180 Å². The van der Waals surface area contributed by atoms with Crippen LogP contribution < -0.4 is 0 Å². The monoisotopic (exact) mass is 446 g/mol. The number of benzene rings is 2. The van der Waals surface area contributed by atoms with E-state index in [9.17, 15) is 13.2 Å². The number of piperidine rings is 1. The number of H-pyrrole nitrogens is 1. The summed E-state index contributed by atoms with van der Waals surface area (Å²) < 4.78 is 25.9. The van der Waals surface area contributed by atoms with E-state index in [0.717, 1.165) is 34.0 Å². The summed E-state index contributed by atoms with van der Waals surface area (Å²) in [4.78, 5) is 22.9. The van der Waals surface area contributed by atoms with E-state index in [1.165, 1.54) is 32.3 Å². The summed E-state index contributed by atoms with van der Waals surface area (Å²) in [6, 6.07) is 12.2. The van der Waals surface area contributed by atoms with Crippen molar-refractivity contribution < 1.29 is 13.2 Å². The maximum Gasteiger partial charge on any atom is 0.255 e. The second-order valence-corrected chi connectivity index (χ2v) is 10.2. The van der Waals surface area contributed by atoms with Crippen LogP contribution in [-0.2, 0) is 10.0 Å². The van der Waals surface area contributed by atoms with Gasteiger partial charge in [0.1, 0.15) is 5.82 Å². The first kappa shape index (κ1) is 20.8. The van der Waals surface area contributed by atoms with Crippen LogP contribution in [0.1, 0.15) is 34.9 Å². The van der Waals surface area contributed by atoms with Gasteiger partial charge in [-0.15, -0.1) is 0 Å². The molecule has 0 spiro atoms. The number of likely N-dealkylation sites (tertiary alicyclic amines) is 1. The van der Waals surface area contributed by atoms with Gasteiger partial charge in [-0.25, -0.2) is 17.7 Å². The van der Waals surface area contributed by atoms with Crippen LogP contribution in [0.3, 0.4) is 0 Å². The van der Waals surface area contributed by atoms with Crippen LogP contribution in [0, 0.1) is 0 Å². The Hall–Kier alpha value is -2.42. The Morgan fingerprint density at radius 1 is 1.17 bits per heavy atom. The number of nitrogens with zero attached hydrogens (tertiary/aromatic N) is 3. The van der Waals surface area contributed by atoms with Crippen LogP contribution in [0.15, 0.2) is 47.4 Å². The van der Waals surface area contributed by atoms with Gasteiger partial charge in [-0.1, -0.05) is 23.7 Å². The van der Waals surface area contributed by atoms with E-state index >= 15 is 0 Å². The average Bonchev–Trinajstić information content (AvgIpc) is 3.18. The lowest BCUT2D eigenvalue weighted by Gasteiger charge is -2.31. The number of sulfonamides is 1. The Morgan fingerprint density at radius 3 is 2.53 bits per heavy atom. The molecule has 0 atom stereocenters. The molecule has 4 rings (SSSR count). The summed E-state index contributed by atoms with van der Waals surface area (Å²) in [6.07, 6.45) is 1.55. The third-order valence-corrected chi connectivity index (χ3v) is 7.66. The molecule has 2 aromatic carbocycles. The van der Waals surface area contributed by atoms with Crippen molar-refractivity contribution >= 4 is 38.6 Å². The lowest BCUT2D eigenvalue weighted by Crippen LogP contribution is -2.38. The first-order valence-electron chi connectivity index (χ1n) is 9.73. The number of aromatic nitrogens is 2. The first-order valence-corrected chi connectivity index (χ1v) is 11.5. The molecule has 0 aliphatic carbocycles. The minimum Gasteiger partial charge on any atom is -0.342 e. The summed E-state index contributed by atoms with van der Waals surface area (Å²) >= 11 is 6.24. The maximum atomic E-state index is 13.1. The molecule has 30 heavy (non-hydrogen) atoms. The molecule has 0 radical (unpaired) electrons. The fourth-order valence-electron chi connectivity index (χ4n) is 3.73.